The average Bonchev–Trinajstić information content (AvgIpc) is 2.52. The van der Waals surface area contributed by atoms with E-state index >= 15 is 0 Å². The number of thiocarbonyl (C=S) groups is 1. The van der Waals surface area contributed by atoms with E-state index in [1.54, 1.807) is 13.0 Å². The molecule has 1 aliphatic heterocycles. The lowest BCUT2D eigenvalue weighted by Crippen LogP contribution is -2.45. The van der Waals surface area contributed by atoms with Gasteiger partial charge in [0.1, 0.15) is 0 Å². The summed E-state index contributed by atoms with van der Waals surface area (Å²) in [6.07, 6.45) is 0. The van der Waals surface area contributed by atoms with Crippen LogP contribution in [0.4, 0.5) is 8.78 Å². The van der Waals surface area contributed by atoms with Crippen molar-refractivity contribution >= 4 is 23.3 Å². The fraction of sp³-hybridized carbons (Fsp3) is 0.333. The Labute approximate surface area is 142 Å². The highest BCUT2D eigenvalue weighted by Gasteiger charge is 2.31. The SMILES string of the molecule is COC(=O)C1=C(C)NC(=S)NC1c1ccc(OC)c(OC(F)F)c1. The van der Waals surface area contributed by atoms with Crippen molar-refractivity contribution in [2.45, 2.75) is 19.6 Å². The number of halogens is 2. The number of carbonyl (C=O) groups excluding carboxylic acids is 1. The predicted molar refractivity (Wildman–Crippen MR) is 86.0 cm³/mol. The Hall–Kier alpha value is -2.42. The van der Waals surface area contributed by atoms with Crippen LogP contribution in [-0.4, -0.2) is 31.9 Å². The van der Waals surface area contributed by atoms with Crippen LogP contribution in [0.1, 0.15) is 18.5 Å². The number of nitrogens with one attached hydrogen (secondary N) is 2. The van der Waals surface area contributed by atoms with Crippen LogP contribution in [-0.2, 0) is 9.53 Å². The van der Waals surface area contributed by atoms with E-state index in [9.17, 15) is 13.6 Å². The molecule has 24 heavy (non-hydrogen) atoms. The third-order valence-electron chi connectivity index (χ3n) is 3.41. The quantitative estimate of drug-likeness (QED) is 0.618. The molecule has 1 heterocycles. The minimum Gasteiger partial charge on any atom is -0.493 e. The van der Waals surface area contributed by atoms with Gasteiger partial charge in [0.15, 0.2) is 16.6 Å². The average molecular weight is 358 g/mol. The summed E-state index contributed by atoms with van der Waals surface area (Å²) in [5.74, 6) is -0.554. The molecule has 0 radical (unpaired) electrons. The largest absolute Gasteiger partial charge is 0.493 e. The van der Waals surface area contributed by atoms with Gasteiger partial charge in [0.25, 0.3) is 0 Å². The van der Waals surface area contributed by atoms with Crippen LogP contribution in [0.2, 0.25) is 0 Å². The van der Waals surface area contributed by atoms with Crippen molar-refractivity contribution in [1.29, 1.82) is 0 Å². The lowest BCUT2D eigenvalue weighted by molar-refractivity contribution is -0.136. The van der Waals surface area contributed by atoms with Gasteiger partial charge in [0.2, 0.25) is 0 Å². The van der Waals surface area contributed by atoms with E-state index in [1.165, 1.54) is 26.4 Å². The molecule has 130 valence electrons. The summed E-state index contributed by atoms with van der Waals surface area (Å²) in [5, 5.41) is 6.06. The van der Waals surface area contributed by atoms with E-state index in [2.05, 4.69) is 15.4 Å². The zero-order valence-corrected chi connectivity index (χ0v) is 14.0. The molecule has 1 atom stereocenters. The molecule has 6 nitrogen and oxygen atoms in total. The second kappa shape index (κ2) is 7.43. The number of methoxy groups -OCH3 is 2. The van der Waals surface area contributed by atoms with Gasteiger partial charge in [0.05, 0.1) is 25.8 Å². The van der Waals surface area contributed by atoms with Gasteiger partial charge >= 0.3 is 12.6 Å². The lowest BCUT2D eigenvalue weighted by Gasteiger charge is -2.30. The standard InChI is InChI=1S/C15H16F2N2O4S/c1-7-11(13(20)22-3)12(19-15(24)18-7)8-4-5-9(21-2)10(6-8)23-14(16)17/h4-6,12,14H,1-3H3,(H2,18,19,24). The monoisotopic (exact) mass is 358 g/mol. The van der Waals surface area contributed by atoms with Crippen molar-refractivity contribution in [2.75, 3.05) is 14.2 Å². The van der Waals surface area contributed by atoms with Crippen LogP contribution in [0.25, 0.3) is 0 Å². The first-order valence-electron chi connectivity index (χ1n) is 6.86. The minimum absolute atomic E-state index is 0.141. The molecule has 2 rings (SSSR count). The summed E-state index contributed by atoms with van der Waals surface area (Å²) in [6, 6.07) is 3.80. The van der Waals surface area contributed by atoms with Gasteiger partial charge in [-0.3, -0.25) is 0 Å². The van der Waals surface area contributed by atoms with E-state index in [0.29, 0.717) is 21.9 Å². The molecule has 9 heteroatoms. The molecular weight excluding hydrogens is 342 g/mol. The second-order valence-corrected chi connectivity index (χ2v) is 5.26. The van der Waals surface area contributed by atoms with E-state index < -0.39 is 18.6 Å². The van der Waals surface area contributed by atoms with Gasteiger partial charge in [-0.15, -0.1) is 0 Å². The number of carbonyl (C=O) groups is 1. The molecule has 0 saturated heterocycles. The Bertz CT molecular complexity index is 694. The van der Waals surface area contributed by atoms with Crippen molar-refractivity contribution in [3.8, 4) is 11.5 Å². The Morgan fingerprint density at radius 3 is 2.58 bits per heavy atom. The van der Waals surface area contributed by atoms with Crippen molar-refractivity contribution in [3.05, 3.63) is 35.0 Å². The maximum Gasteiger partial charge on any atom is 0.387 e. The highest BCUT2D eigenvalue weighted by Crippen LogP contribution is 2.35. The summed E-state index contributed by atoms with van der Waals surface area (Å²) >= 11 is 5.10. The van der Waals surface area contributed by atoms with Gasteiger partial charge in [0, 0.05) is 5.70 Å². The Morgan fingerprint density at radius 1 is 1.29 bits per heavy atom. The number of rotatable bonds is 5. The highest BCUT2D eigenvalue weighted by atomic mass is 32.1. The molecular formula is C15H16F2N2O4S. The van der Waals surface area contributed by atoms with Gasteiger partial charge in [-0.05, 0) is 36.8 Å². The number of ether oxygens (including phenoxy) is 3. The molecule has 0 aliphatic carbocycles. The Morgan fingerprint density at radius 2 is 2.00 bits per heavy atom. The maximum atomic E-state index is 12.6. The fourth-order valence-corrected chi connectivity index (χ4v) is 2.66. The molecule has 0 aromatic heterocycles. The van der Waals surface area contributed by atoms with E-state index in [0.717, 1.165) is 0 Å². The molecule has 1 aromatic carbocycles. The summed E-state index contributed by atoms with van der Waals surface area (Å²) in [7, 11) is 2.60. The van der Waals surface area contributed by atoms with Crippen LogP contribution in [0.3, 0.4) is 0 Å². The van der Waals surface area contributed by atoms with Gasteiger partial charge < -0.3 is 24.8 Å². The zero-order valence-electron chi connectivity index (χ0n) is 13.2. The first kappa shape index (κ1) is 17.9. The second-order valence-electron chi connectivity index (χ2n) is 4.85. The number of allylic oxidation sites excluding steroid dienone is 1. The molecule has 1 aliphatic rings. The molecule has 0 fully saturated rings. The number of alkyl halides is 2. The molecule has 2 N–H and O–H groups in total. The minimum atomic E-state index is -3.01. The summed E-state index contributed by atoms with van der Waals surface area (Å²) < 4.78 is 39.4. The van der Waals surface area contributed by atoms with Crippen molar-refractivity contribution < 1.29 is 27.8 Å². The molecule has 1 aromatic rings. The third kappa shape index (κ3) is 3.73. The number of esters is 1. The highest BCUT2D eigenvalue weighted by molar-refractivity contribution is 7.80. The number of benzene rings is 1. The van der Waals surface area contributed by atoms with Crippen molar-refractivity contribution in [1.82, 2.24) is 10.6 Å². The number of hydrogen-bond donors (Lipinski definition) is 2. The summed E-state index contributed by atoms with van der Waals surface area (Å²) in [5.41, 5.74) is 1.30. The molecule has 0 saturated carbocycles. The van der Waals surface area contributed by atoms with Gasteiger partial charge in [-0.1, -0.05) is 6.07 Å². The molecule has 1 unspecified atom stereocenters. The van der Waals surface area contributed by atoms with Crippen LogP contribution in [0.5, 0.6) is 11.5 Å². The van der Waals surface area contributed by atoms with E-state index in [1.807, 2.05) is 0 Å². The van der Waals surface area contributed by atoms with Crippen molar-refractivity contribution in [3.63, 3.8) is 0 Å². The summed E-state index contributed by atoms with van der Waals surface area (Å²) in [6.45, 7) is -1.33. The van der Waals surface area contributed by atoms with E-state index in [-0.39, 0.29) is 11.5 Å². The smallest absolute Gasteiger partial charge is 0.387 e. The molecule has 0 amide bonds. The number of hydrogen-bond acceptors (Lipinski definition) is 5. The first-order chi connectivity index (χ1) is 11.4. The van der Waals surface area contributed by atoms with Crippen LogP contribution in [0, 0.1) is 0 Å². The van der Waals surface area contributed by atoms with Crippen LogP contribution >= 0.6 is 12.2 Å². The zero-order chi connectivity index (χ0) is 17.9. The first-order valence-corrected chi connectivity index (χ1v) is 7.27. The topological polar surface area (TPSA) is 68.8 Å². The van der Waals surface area contributed by atoms with Crippen molar-refractivity contribution in [2.24, 2.45) is 0 Å². The fourth-order valence-electron chi connectivity index (χ4n) is 2.39. The van der Waals surface area contributed by atoms with Crippen LogP contribution in [0.15, 0.2) is 29.5 Å². The summed E-state index contributed by atoms with van der Waals surface area (Å²) in [4.78, 5) is 12.1. The van der Waals surface area contributed by atoms with Gasteiger partial charge in [-0.25, -0.2) is 4.79 Å². The predicted octanol–water partition coefficient (Wildman–Crippen LogP) is 2.26. The molecule has 0 spiro atoms. The maximum absolute atomic E-state index is 12.6. The van der Waals surface area contributed by atoms with E-state index in [4.69, 9.17) is 21.7 Å². The molecule has 0 bridgehead atoms. The van der Waals surface area contributed by atoms with Crippen LogP contribution < -0.4 is 20.1 Å². The van der Waals surface area contributed by atoms with Gasteiger partial charge in [-0.2, -0.15) is 8.78 Å². The lowest BCUT2D eigenvalue weighted by atomic mass is 9.95. The Kier molecular flexibility index (Phi) is 5.55. The Balaban J connectivity index is 2.49. The third-order valence-corrected chi connectivity index (χ3v) is 3.63. The normalized spacial score (nSPS) is 17.2.